The number of methoxy groups -OCH3 is 1. The summed E-state index contributed by atoms with van der Waals surface area (Å²) in [6, 6.07) is 7.10. The fraction of sp³-hybridized carbons (Fsp3) is 0.565. The minimum absolute atomic E-state index is 0.0248. The minimum Gasteiger partial charge on any atom is -0.383 e. The maximum absolute atomic E-state index is 13.2. The number of ether oxygens (including phenoxy) is 1. The summed E-state index contributed by atoms with van der Waals surface area (Å²) < 4.78 is 8.27. The Morgan fingerprint density at radius 1 is 1.18 bits per heavy atom. The van der Waals surface area contributed by atoms with E-state index >= 15 is 0 Å². The number of nitrogens with zero attached hydrogens (tertiary/aromatic N) is 5. The highest BCUT2D eigenvalue weighted by atomic mass is 35.5. The van der Waals surface area contributed by atoms with Crippen LogP contribution in [0.2, 0.25) is 5.02 Å². The number of carbonyl (C=O) groups is 2. The Morgan fingerprint density at radius 2 is 1.88 bits per heavy atom. The Kier molecular flexibility index (Phi) is 7.19. The van der Waals surface area contributed by atoms with Gasteiger partial charge in [0.15, 0.2) is 0 Å². The highest BCUT2D eigenvalue weighted by Gasteiger charge is 2.38. The van der Waals surface area contributed by atoms with Gasteiger partial charge in [-0.25, -0.2) is 9.48 Å². The molecule has 0 radical (unpaired) electrons. The lowest BCUT2D eigenvalue weighted by Gasteiger charge is -2.33. The summed E-state index contributed by atoms with van der Waals surface area (Å²) in [4.78, 5) is 41.8. The van der Waals surface area contributed by atoms with Crippen LogP contribution >= 0.6 is 11.6 Å². The highest BCUT2D eigenvalue weighted by Crippen LogP contribution is 2.31. The second kappa shape index (κ2) is 10.1. The van der Waals surface area contributed by atoms with Crippen molar-refractivity contribution in [3.05, 3.63) is 45.6 Å². The average Bonchev–Trinajstić information content (AvgIpc) is 3.37. The van der Waals surface area contributed by atoms with E-state index in [0.717, 1.165) is 24.4 Å². The lowest BCUT2D eigenvalue weighted by Crippen LogP contribution is -2.42. The third-order valence-electron chi connectivity index (χ3n) is 6.56. The largest absolute Gasteiger partial charge is 0.383 e. The summed E-state index contributed by atoms with van der Waals surface area (Å²) in [5.74, 6) is 0.555. The number of benzene rings is 1. The average molecular weight is 476 g/mol. The third-order valence-corrected chi connectivity index (χ3v) is 6.81. The fourth-order valence-corrected chi connectivity index (χ4v) is 4.87. The first-order valence-corrected chi connectivity index (χ1v) is 11.8. The summed E-state index contributed by atoms with van der Waals surface area (Å²) in [5, 5.41) is 5.18. The molecule has 2 aromatic rings. The van der Waals surface area contributed by atoms with Gasteiger partial charge in [-0.15, -0.1) is 0 Å². The van der Waals surface area contributed by atoms with Crippen molar-refractivity contribution in [3.63, 3.8) is 0 Å². The fourth-order valence-electron chi connectivity index (χ4n) is 4.74. The predicted octanol–water partition coefficient (Wildman–Crippen LogP) is 2.12. The lowest BCUT2D eigenvalue weighted by molar-refractivity contribution is -0.136. The molecule has 0 bridgehead atoms. The molecule has 2 fully saturated rings. The van der Waals surface area contributed by atoms with Gasteiger partial charge < -0.3 is 14.5 Å². The van der Waals surface area contributed by atoms with Crippen LogP contribution in [0.25, 0.3) is 0 Å². The quantitative estimate of drug-likeness (QED) is 0.612. The number of hydrogen-bond donors (Lipinski definition) is 0. The molecule has 0 aliphatic carbocycles. The Balaban J connectivity index is 1.38. The Labute approximate surface area is 197 Å². The van der Waals surface area contributed by atoms with Crippen molar-refractivity contribution >= 4 is 29.1 Å². The topological polar surface area (TPSA) is 89.7 Å². The van der Waals surface area contributed by atoms with E-state index in [1.165, 1.54) is 4.68 Å². The first-order chi connectivity index (χ1) is 15.9. The summed E-state index contributed by atoms with van der Waals surface area (Å²) >= 11 is 5.95. The zero-order chi connectivity index (χ0) is 23.5. The van der Waals surface area contributed by atoms with Gasteiger partial charge in [0.25, 0.3) is 0 Å². The molecule has 3 heterocycles. The van der Waals surface area contributed by atoms with Crippen LogP contribution in [-0.4, -0.2) is 64.4 Å². The van der Waals surface area contributed by atoms with Crippen LogP contribution in [0.15, 0.2) is 29.1 Å². The Hall–Kier alpha value is -2.65. The second-order valence-corrected chi connectivity index (χ2v) is 9.02. The van der Waals surface area contributed by atoms with Gasteiger partial charge in [0.2, 0.25) is 11.8 Å². The van der Waals surface area contributed by atoms with Crippen LogP contribution in [0.3, 0.4) is 0 Å². The summed E-state index contributed by atoms with van der Waals surface area (Å²) in [6.07, 6.45) is 1.71. The van der Waals surface area contributed by atoms with Crippen LogP contribution in [0.4, 0.5) is 5.69 Å². The monoisotopic (exact) mass is 475 g/mol. The van der Waals surface area contributed by atoms with E-state index in [9.17, 15) is 14.4 Å². The molecule has 2 saturated heterocycles. The molecule has 2 amide bonds. The van der Waals surface area contributed by atoms with E-state index < -0.39 is 0 Å². The van der Waals surface area contributed by atoms with Crippen molar-refractivity contribution in [3.8, 4) is 0 Å². The van der Waals surface area contributed by atoms with Crippen LogP contribution in [-0.2, 0) is 27.4 Å². The van der Waals surface area contributed by atoms with E-state index in [1.54, 1.807) is 40.8 Å². The molecule has 0 N–H and O–H groups in total. The maximum Gasteiger partial charge on any atom is 0.345 e. The van der Waals surface area contributed by atoms with Gasteiger partial charge in [0, 0.05) is 56.3 Å². The number of rotatable bonds is 7. The number of aromatic nitrogens is 3. The van der Waals surface area contributed by atoms with Crippen LogP contribution in [0, 0.1) is 5.92 Å². The normalized spacial score (nSPS) is 19.5. The molecular weight excluding hydrogens is 446 g/mol. The van der Waals surface area contributed by atoms with Crippen molar-refractivity contribution in [2.45, 2.75) is 45.2 Å². The standard InChI is InChI=1S/C23H30ClN5O4/c1-3-27-21(25-29(23(27)32)12-13-33-2)16-8-10-26(11-9-16)22(31)17-14-20(30)28(15-17)19-6-4-18(24)5-7-19/h4-7,16-17H,3,8-15H2,1-2H3. The van der Waals surface area contributed by atoms with Gasteiger partial charge in [-0.3, -0.25) is 14.2 Å². The zero-order valence-corrected chi connectivity index (χ0v) is 19.8. The number of halogens is 1. The van der Waals surface area contributed by atoms with E-state index in [-0.39, 0.29) is 35.8 Å². The van der Waals surface area contributed by atoms with Crippen molar-refractivity contribution in [1.29, 1.82) is 0 Å². The molecule has 1 aromatic carbocycles. The molecule has 1 aromatic heterocycles. The molecule has 1 atom stereocenters. The molecule has 0 spiro atoms. The molecule has 4 rings (SSSR count). The molecular formula is C23H30ClN5O4. The van der Waals surface area contributed by atoms with Crippen LogP contribution < -0.4 is 10.6 Å². The minimum atomic E-state index is -0.341. The first kappa shape index (κ1) is 23.5. The van der Waals surface area contributed by atoms with E-state index in [2.05, 4.69) is 5.10 Å². The number of likely N-dealkylation sites (tertiary alicyclic amines) is 1. The maximum atomic E-state index is 13.2. The van der Waals surface area contributed by atoms with Crippen molar-refractivity contribution in [2.24, 2.45) is 5.92 Å². The number of anilines is 1. The molecule has 1 unspecified atom stereocenters. The predicted molar refractivity (Wildman–Crippen MR) is 125 cm³/mol. The Bertz CT molecular complexity index is 1060. The van der Waals surface area contributed by atoms with Gasteiger partial charge >= 0.3 is 5.69 Å². The van der Waals surface area contributed by atoms with Gasteiger partial charge in [0.1, 0.15) is 5.82 Å². The molecule has 0 saturated carbocycles. The SMILES string of the molecule is CCn1c(C2CCN(C(=O)C3CC(=O)N(c4ccc(Cl)cc4)C3)CC2)nn(CCOC)c1=O. The van der Waals surface area contributed by atoms with Gasteiger partial charge in [-0.2, -0.15) is 5.10 Å². The number of amides is 2. The molecule has 178 valence electrons. The van der Waals surface area contributed by atoms with Crippen molar-refractivity contribution < 1.29 is 14.3 Å². The van der Waals surface area contributed by atoms with E-state index in [1.807, 2.05) is 11.8 Å². The van der Waals surface area contributed by atoms with E-state index in [4.69, 9.17) is 16.3 Å². The number of carbonyl (C=O) groups excluding carboxylic acids is 2. The lowest BCUT2D eigenvalue weighted by atomic mass is 9.94. The smallest absolute Gasteiger partial charge is 0.345 e. The Morgan fingerprint density at radius 3 is 2.52 bits per heavy atom. The molecule has 2 aliphatic heterocycles. The van der Waals surface area contributed by atoms with Crippen LogP contribution in [0.1, 0.15) is 37.9 Å². The summed E-state index contributed by atoms with van der Waals surface area (Å²) in [6.45, 7) is 4.93. The van der Waals surface area contributed by atoms with Gasteiger partial charge in [-0.1, -0.05) is 11.6 Å². The second-order valence-electron chi connectivity index (χ2n) is 8.58. The first-order valence-electron chi connectivity index (χ1n) is 11.4. The van der Waals surface area contributed by atoms with Crippen molar-refractivity contribution in [2.75, 3.05) is 38.3 Å². The van der Waals surface area contributed by atoms with E-state index in [0.29, 0.717) is 44.4 Å². The molecule has 2 aliphatic rings. The zero-order valence-electron chi connectivity index (χ0n) is 19.1. The highest BCUT2D eigenvalue weighted by molar-refractivity contribution is 6.30. The summed E-state index contributed by atoms with van der Waals surface area (Å²) in [5.41, 5.74) is 0.648. The summed E-state index contributed by atoms with van der Waals surface area (Å²) in [7, 11) is 1.60. The van der Waals surface area contributed by atoms with Gasteiger partial charge in [-0.05, 0) is 44.0 Å². The molecule has 9 nitrogen and oxygen atoms in total. The molecule has 33 heavy (non-hydrogen) atoms. The number of piperidine rings is 1. The van der Waals surface area contributed by atoms with Gasteiger partial charge in [0.05, 0.1) is 19.1 Å². The van der Waals surface area contributed by atoms with Crippen molar-refractivity contribution in [1.82, 2.24) is 19.2 Å². The number of hydrogen-bond acceptors (Lipinski definition) is 5. The molecule has 10 heteroatoms. The third kappa shape index (κ3) is 4.84. The van der Waals surface area contributed by atoms with Crippen LogP contribution in [0.5, 0.6) is 0 Å².